The highest BCUT2D eigenvalue weighted by Gasteiger charge is 2.57. The Morgan fingerprint density at radius 3 is 2.44 bits per heavy atom. The van der Waals surface area contributed by atoms with E-state index in [0.717, 1.165) is 17.7 Å². The van der Waals surface area contributed by atoms with Gasteiger partial charge in [-0.15, -0.1) is 5.10 Å². The average molecular weight is 880 g/mol. The number of rotatable bonds is 11. The number of nitrogens with two attached hydrogens (primary N) is 1. The van der Waals surface area contributed by atoms with Gasteiger partial charge >= 0.3 is 12.1 Å². The van der Waals surface area contributed by atoms with Crippen LogP contribution in [-0.4, -0.2) is 149 Å². The highest BCUT2D eigenvalue weighted by molar-refractivity contribution is 7.93. The van der Waals surface area contributed by atoms with Crippen LogP contribution in [-0.2, 0) is 39.8 Å². The van der Waals surface area contributed by atoms with E-state index in [2.05, 4.69) is 22.6 Å². The number of cyclic esters (lactones) is 1. The van der Waals surface area contributed by atoms with Gasteiger partial charge in [0.25, 0.3) is 0 Å². The number of nitrogen functional groups attached to an aromatic ring is 1. The molecule has 0 bridgehead atoms. The summed E-state index contributed by atoms with van der Waals surface area (Å²) in [5.74, 6) is -3.13. The summed E-state index contributed by atoms with van der Waals surface area (Å²) in [5.41, 5.74) is 5.98. The minimum Gasteiger partial charge on any atom is -0.458 e. The molecule has 0 saturated carbocycles. The lowest BCUT2D eigenvalue weighted by atomic mass is 9.78. The van der Waals surface area contributed by atoms with Crippen LogP contribution in [0.4, 0.5) is 14.4 Å². The first kappa shape index (κ1) is 50.3. The Morgan fingerprint density at radius 1 is 1.11 bits per heavy atom. The summed E-state index contributed by atoms with van der Waals surface area (Å²) < 4.78 is 43.3. The molecule has 16 nitrogen and oxygen atoms in total. The fourth-order valence-corrected chi connectivity index (χ4v) is 9.03. The molecular formula is C43H70FN7O9S. The topological polar surface area (TPSA) is 193 Å². The number of anilines is 1. The molecule has 1 amide bonds. The van der Waals surface area contributed by atoms with E-state index in [9.17, 15) is 23.4 Å². The summed E-state index contributed by atoms with van der Waals surface area (Å²) in [5, 5.41) is 23.6. The zero-order chi connectivity index (χ0) is 45.2. The first-order chi connectivity index (χ1) is 28.8. The SMILES string of the molecule is CC[C@H]1OC(=O)[C@H](C)C(=O)[C@H](C)[C@@H](O[C@@H]2OC(C)CC(N(C)C)C2O)[C@](C)(OC)C[C@@H](C)CNC[C@H]2N(CCCCn3cc(-c4cccc(N)c4)nn3)C(=O)O[C@]12C.CSF. The van der Waals surface area contributed by atoms with Gasteiger partial charge in [0.15, 0.2) is 17.7 Å². The molecule has 18 heteroatoms. The molecule has 4 heterocycles. The molecule has 344 valence electrons. The van der Waals surface area contributed by atoms with Crippen LogP contribution in [0, 0.1) is 17.8 Å². The lowest BCUT2D eigenvalue weighted by Crippen LogP contribution is -2.59. The van der Waals surface area contributed by atoms with Crippen molar-refractivity contribution in [2.75, 3.05) is 52.8 Å². The molecule has 0 radical (unpaired) electrons. The Labute approximate surface area is 365 Å². The second-order valence-electron chi connectivity index (χ2n) is 17.5. The third kappa shape index (κ3) is 12.2. The van der Waals surface area contributed by atoms with Gasteiger partial charge in [-0.1, -0.05) is 38.1 Å². The van der Waals surface area contributed by atoms with Crippen molar-refractivity contribution < 1.29 is 47.1 Å². The smallest absolute Gasteiger partial charge is 0.410 e. The zero-order valence-electron chi connectivity index (χ0n) is 37.8. The number of hydrogen-bond donors (Lipinski definition) is 3. The van der Waals surface area contributed by atoms with Crippen molar-refractivity contribution >= 4 is 35.7 Å². The Bertz CT molecular complexity index is 1740. The number of hydrogen-bond acceptors (Lipinski definition) is 15. The number of ketones is 1. The first-order valence-electron chi connectivity index (χ1n) is 21.4. The van der Waals surface area contributed by atoms with E-state index in [-0.39, 0.29) is 30.2 Å². The molecule has 3 saturated heterocycles. The molecule has 0 spiro atoms. The highest BCUT2D eigenvalue weighted by atomic mass is 32.2. The number of Topliss-reactive ketones (excluding diaryl/α,β-unsaturated/α-hetero) is 1. The van der Waals surface area contributed by atoms with Gasteiger partial charge in [-0.05, 0) is 98.5 Å². The number of aliphatic hydroxyl groups excluding tert-OH is 1. The lowest BCUT2D eigenvalue weighted by molar-refractivity contribution is -0.295. The number of carbonyl (C=O) groups excluding carboxylic acids is 3. The third-order valence-electron chi connectivity index (χ3n) is 12.5. The van der Waals surface area contributed by atoms with E-state index in [1.807, 2.05) is 77.2 Å². The van der Waals surface area contributed by atoms with Crippen molar-refractivity contribution in [3.8, 4) is 11.3 Å². The maximum atomic E-state index is 14.3. The number of methoxy groups -OCH3 is 1. The lowest BCUT2D eigenvalue weighted by Gasteiger charge is -2.46. The number of ether oxygens (including phenoxy) is 5. The maximum Gasteiger partial charge on any atom is 0.410 e. The quantitative estimate of drug-likeness (QED) is 0.116. The number of unbranched alkanes of at least 4 members (excludes halogenated alkanes) is 1. The fraction of sp³-hybridized carbons (Fsp3) is 0.744. The van der Waals surface area contributed by atoms with E-state index >= 15 is 0 Å². The van der Waals surface area contributed by atoms with Gasteiger partial charge in [-0.3, -0.25) is 19.2 Å². The maximum absolute atomic E-state index is 14.3. The molecular weight excluding hydrogens is 810 g/mol. The number of nitrogens with one attached hydrogen (secondary N) is 1. The Kier molecular flexibility index (Phi) is 18.4. The Hall–Kier alpha value is -3.39. The van der Waals surface area contributed by atoms with E-state index in [0.29, 0.717) is 57.5 Å². The number of nitrogens with zero attached hydrogens (tertiary/aromatic N) is 5. The summed E-state index contributed by atoms with van der Waals surface area (Å²) in [6, 6.07) is 6.78. The molecule has 3 fully saturated rings. The van der Waals surface area contributed by atoms with Crippen LogP contribution in [0.15, 0.2) is 30.5 Å². The van der Waals surface area contributed by atoms with E-state index in [4.69, 9.17) is 29.4 Å². The number of likely N-dealkylation sites (N-methyl/N-ethyl adjacent to an activating group) is 1. The zero-order valence-corrected chi connectivity index (χ0v) is 38.7. The molecule has 1 aromatic heterocycles. The molecule has 12 atom stereocenters. The summed E-state index contributed by atoms with van der Waals surface area (Å²) >= 11 is 0.250. The van der Waals surface area contributed by atoms with Gasteiger partial charge in [-0.25, -0.2) is 4.79 Å². The summed E-state index contributed by atoms with van der Waals surface area (Å²) in [4.78, 5) is 45.6. The van der Waals surface area contributed by atoms with Gasteiger partial charge in [0.05, 0.1) is 30.0 Å². The number of aliphatic hydroxyl groups is 1. The first-order valence-corrected chi connectivity index (χ1v) is 22.5. The van der Waals surface area contributed by atoms with Crippen LogP contribution in [0.3, 0.4) is 0 Å². The van der Waals surface area contributed by atoms with E-state index in [1.165, 1.54) is 13.2 Å². The molecule has 2 aromatic rings. The van der Waals surface area contributed by atoms with Crippen molar-refractivity contribution in [3.05, 3.63) is 30.5 Å². The highest BCUT2D eigenvalue weighted by Crippen LogP contribution is 2.39. The summed E-state index contributed by atoms with van der Waals surface area (Å²) in [7, 11) is 5.39. The van der Waals surface area contributed by atoms with Crippen LogP contribution in [0.5, 0.6) is 0 Å². The molecule has 3 unspecified atom stereocenters. The number of aryl methyl sites for hydroxylation is 1. The minimum absolute atomic E-state index is 0.00373. The number of fused-ring (bicyclic) bond motifs is 1. The number of aromatic nitrogens is 3. The predicted octanol–water partition coefficient (Wildman–Crippen LogP) is 5.13. The molecule has 5 rings (SSSR count). The third-order valence-corrected chi connectivity index (χ3v) is 12.5. The molecule has 61 heavy (non-hydrogen) atoms. The van der Waals surface area contributed by atoms with Gasteiger partial charge in [0.2, 0.25) is 0 Å². The van der Waals surface area contributed by atoms with Crippen molar-refractivity contribution in [3.63, 3.8) is 0 Å². The second-order valence-corrected chi connectivity index (χ2v) is 17.8. The van der Waals surface area contributed by atoms with Crippen LogP contribution >= 0.6 is 12.1 Å². The van der Waals surface area contributed by atoms with Crippen molar-refractivity contribution in [2.45, 2.75) is 141 Å². The molecule has 4 N–H and O–H groups in total. The summed E-state index contributed by atoms with van der Waals surface area (Å²) in [6.07, 6.45) is 1.63. The second kappa shape index (κ2) is 22.3. The van der Waals surface area contributed by atoms with Gasteiger partial charge < -0.3 is 44.7 Å². The van der Waals surface area contributed by atoms with Crippen LogP contribution < -0.4 is 11.1 Å². The van der Waals surface area contributed by atoms with Gasteiger partial charge in [0.1, 0.15) is 23.8 Å². The van der Waals surface area contributed by atoms with E-state index in [1.54, 1.807) is 23.6 Å². The van der Waals surface area contributed by atoms with Crippen LogP contribution in [0.25, 0.3) is 11.3 Å². The Morgan fingerprint density at radius 2 is 1.80 bits per heavy atom. The number of amides is 1. The van der Waals surface area contributed by atoms with Crippen LogP contribution in [0.2, 0.25) is 0 Å². The molecule has 1 aromatic carbocycles. The minimum atomic E-state index is -1.20. The number of esters is 1. The number of carbonyl (C=O) groups is 3. The number of benzene rings is 1. The summed E-state index contributed by atoms with van der Waals surface area (Å²) in [6.45, 7) is 14.8. The normalized spacial score (nSPS) is 34.1. The van der Waals surface area contributed by atoms with E-state index < -0.39 is 71.5 Å². The average Bonchev–Trinajstić information content (AvgIpc) is 3.78. The molecule has 3 aliphatic rings. The Balaban J connectivity index is 0.00000265. The van der Waals surface area contributed by atoms with Gasteiger partial charge in [0, 0.05) is 68.4 Å². The largest absolute Gasteiger partial charge is 0.458 e. The molecule has 3 aliphatic heterocycles. The number of halogens is 1. The fourth-order valence-electron chi connectivity index (χ4n) is 9.03. The van der Waals surface area contributed by atoms with Crippen LogP contribution in [0.1, 0.15) is 80.6 Å². The van der Waals surface area contributed by atoms with Gasteiger partial charge in [-0.2, -0.15) is 3.89 Å². The van der Waals surface area contributed by atoms with Crippen molar-refractivity contribution in [1.29, 1.82) is 0 Å². The standard InChI is InChI=1S/C42H67N7O9.CH3FS/c1-11-34-42(7)33(49(40(53)58-42)18-13-12-17-48-24-31(45-46-48)29-15-14-16-30(43)20-29)23-44-22-25(2)21-41(6,54-10)37(27(4)35(50)28(5)38(52)56-34)57-39-36(51)32(47(8)9)19-26(3)55-39;1-3-2/h14-16,20,24-28,32-34,36-37,39,44,51H,11-13,17-19,21-23,43H2,1-10H3;1H3/t25-,26?,27+,28-,32?,33-,34-,36?,37-,39+,41-,42+;/m1./s1. The van der Waals surface area contributed by atoms with Crippen molar-refractivity contribution in [1.82, 2.24) is 30.1 Å². The molecule has 0 aliphatic carbocycles. The predicted molar refractivity (Wildman–Crippen MR) is 232 cm³/mol. The van der Waals surface area contributed by atoms with Crippen molar-refractivity contribution in [2.24, 2.45) is 17.8 Å². The monoisotopic (exact) mass is 879 g/mol.